The van der Waals surface area contributed by atoms with E-state index in [9.17, 15) is 9.59 Å². The van der Waals surface area contributed by atoms with Gasteiger partial charge in [-0.1, -0.05) is 24.3 Å². The second-order valence-corrected chi connectivity index (χ2v) is 4.86. The Bertz CT molecular complexity index is 487. The Kier molecular flexibility index (Phi) is 4.16. The van der Waals surface area contributed by atoms with E-state index in [0.717, 1.165) is 24.8 Å². The zero-order chi connectivity index (χ0) is 13.8. The van der Waals surface area contributed by atoms with Crippen molar-refractivity contribution in [1.82, 2.24) is 5.32 Å². The van der Waals surface area contributed by atoms with Crippen molar-refractivity contribution in [3.63, 3.8) is 0 Å². The minimum atomic E-state index is -1.06. The maximum Gasteiger partial charge on any atom is 0.305 e. The number of hydrogen-bond donors (Lipinski definition) is 3. The van der Waals surface area contributed by atoms with Crippen molar-refractivity contribution >= 4 is 11.9 Å². The molecule has 0 fully saturated rings. The minimum absolute atomic E-state index is 0.0581. The third kappa shape index (κ3) is 3.32. The monoisotopic (exact) mass is 262 g/mol. The van der Waals surface area contributed by atoms with Crippen LogP contribution in [-0.4, -0.2) is 23.0 Å². The summed E-state index contributed by atoms with van der Waals surface area (Å²) in [5.41, 5.74) is 7.92. The molecule has 0 aliphatic heterocycles. The fourth-order valence-corrected chi connectivity index (χ4v) is 2.46. The number of benzene rings is 1. The summed E-state index contributed by atoms with van der Waals surface area (Å²) >= 11 is 0. The van der Waals surface area contributed by atoms with E-state index in [1.807, 2.05) is 18.2 Å². The topological polar surface area (TPSA) is 92.4 Å². The van der Waals surface area contributed by atoms with E-state index in [2.05, 4.69) is 11.4 Å². The number of hydrogen-bond acceptors (Lipinski definition) is 3. The van der Waals surface area contributed by atoms with Crippen LogP contribution in [0.15, 0.2) is 24.3 Å². The Morgan fingerprint density at radius 2 is 2.16 bits per heavy atom. The number of aliphatic carboxylic acids is 1. The quantitative estimate of drug-likeness (QED) is 0.754. The minimum Gasteiger partial charge on any atom is -0.481 e. The van der Waals surface area contributed by atoms with Crippen LogP contribution in [-0.2, 0) is 16.0 Å². The standard InChI is InChI=1S/C14H18N2O3/c15-11(8-13(17)18)14(19)16-12-7-3-5-9-4-1-2-6-10(9)12/h1-2,4,6,11-12H,3,5,7-8,15H2,(H,16,19)(H,17,18)/t11-,12?/m0/s1. The molecule has 0 saturated heterocycles. The van der Waals surface area contributed by atoms with E-state index in [1.54, 1.807) is 0 Å². The molecule has 5 nitrogen and oxygen atoms in total. The zero-order valence-corrected chi connectivity index (χ0v) is 10.6. The zero-order valence-electron chi connectivity index (χ0n) is 10.6. The Labute approximate surface area is 111 Å². The predicted molar refractivity (Wildman–Crippen MR) is 70.5 cm³/mol. The molecule has 1 aromatic rings. The van der Waals surface area contributed by atoms with Crippen LogP contribution in [0.2, 0.25) is 0 Å². The molecule has 2 rings (SSSR count). The number of rotatable bonds is 4. The summed E-state index contributed by atoms with van der Waals surface area (Å²) in [5, 5.41) is 11.5. The molecule has 4 N–H and O–H groups in total. The summed E-state index contributed by atoms with van der Waals surface area (Å²) in [6, 6.07) is 6.94. The summed E-state index contributed by atoms with van der Waals surface area (Å²) in [4.78, 5) is 22.4. The smallest absolute Gasteiger partial charge is 0.305 e. The second-order valence-electron chi connectivity index (χ2n) is 4.86. The van der Waals surface area contributed by atoms with Crippen LogP contribution in [0.25, 0.3) is 0 Å². The number of carbonyl (C=O) groups is 2. The van der Waals surface area contributed by atoms with E-state index in [1.165, 1.54) is 5.56 Å². The summed E-state index contributed by atoms with van der Waals surface area (Å²) in [5.74, 6) is -1.46. The molecule has 19 heavy (non-hydrogen) atoms. The van der Waals surface area contributed by atoms with Gasteiger partial charge in [0.2, 0.25) is 5.91 Å². The highest BCUT2D eigenvalue weighted by Crippen LogP contribution is 2.29. The molecular formula is C14H18N2O3. The molecule has 1 unspecified atom stereocenters. The first-order valence-electron chi connectivity index (χ1n) is 6.43. The first-order valence-corrected chi connectivity index (χ1v) is 6.43. The van der Waals surface area contributed by atoms with Crippen molar-refractivity contribution < 1.29 is 14.7 Å². The Morgan fingerprint density at radius 3 is 2.89 bits per heavy atom. The molecule has 1 amide bonds. The number of nitrogens with two attached hydrogens (primary N) is 1. The highest BCUT2D eigenvalue weighted by atomic mass is 16.4. The van der Waals surface area contributed by atoms with Crippen molar-refractivity contribution in [1.29, 1.82) is 0 Å². The van der Waals surface area contributed by atoms with E-state index in [0.29, 0.717) is 0 Å². The van der Waals surface area contributed by atoms with Crippen molar-refractivity contribution in [2.45, 2.75) is 37.8 Å². The van der Waals surface area contributed by atoms with Crippen LogP contribution in [0.4, 0.5) is 0 Å². The first kappa shape index (κ1) is 13.5. The summed E-state index contributed by atoms with van der Waals surface area (Å²) < 4.78 is 0. The van der Waals surface area contributed by atoms with Gasteiger partial charge >= 0.3 is 5.97 Å². The lowest BCUT2D eigenvalue weighted by atomic mass is 9.87. The largest absolute Gasteiger partial charge is 0.481 e. The molecule has 0 radical (unpaired) electrons. The van der Waals surface area contributed by atoms with Crippen molar-refractivity contribution in [3.8, 4) is 0 Å². The normalized spacial score (nSPS) is 19.3. The third-order valence-corrected chi connectivity index (χ3v) is 3.42. The Hall–Kier alpha value is -1.88. The molecule has 1 aliphatic rings. The highest BCUT2D eigenvalue weighted by molar-refractivity contribution is 5.86. The lowest BCUT2D eigenvalue weighted by molar-refractivity contribution is -0.139. The molecule has 0 bridgehead atoms. The van der Waals surface area contributed by atoms with Crippen LogP contribution in [0.5, 0.6) is 0 Å². The van der Waals surface area contributed by atoms with Crippen molar-refractivity contribution in [2.24, 2.45) is 5.73 Å². The number of carbonyl (C=O) groups excluding carboxylic acids is 1. The maximum atomic E-state index is 11.9. The number of nitrogens with one attached hydrogen (secondary N) is 1. The molecule has 0 spiro atoms. The Morgan fingerprint density at radius 1 is 1.42 bits per heavy atom. The molecule has 102 valence electrons. The van der Waals surface area contributed by atoms with Crippen LogP contribution < -0.4 is 11.1 Å². The van der Waals surface area contributed by atoms with Gasteiger partial charge in [-0.15, -0.1) is 0 Å². The fraction of sp³-hybridized carbons (Fsp3) is 0.429. The van der Waals surface area contributed by atoms with Gasteiger partial charge < -0.3 is 16.2 Å². The lowest BCUT2D eigenvalue weighted by Crippen LogP contribution is -2.44. The molecule has 0 aromatic heterocycles. The molecule has 5 heteroatoms. The van der Waals surface area contributed by atoms with E-state index in [4.69, 9.17) is 10.8 Å². The van der Waals surface area contributed by atoms with Gasteiger partial charge in [0.25, 0.3) is 0 Å². The average molecular weight is 262 g/mol. The fourth-order valence-electron chi connectivity index (χ4n) is 2.46. The second kappa shape index (κ2) is 5.84. The van der Waals surface area contributed by atoms with Gasteiger partial charge in [0, 0.05) is 0 Å². The highest BCUT2D eigenvalue weighted by Gasteiger charge is 2.24. The Balaban J connectivity index is 2.04. The van der Waals surface area contributed by atoms with E-state index >= 15 is 0 Å². The molecule has 2 atom stereocenters. The SMILES string of the molecule is N[C@@H](CC(=O)O)C(=O)NC1CCCc2ccccc21. The summed E-state index contributed by atoms with van der Waals surface area (Å²) in [6.07, 6.45) is 2.54. The lowest BCUT2D eigenvalue weighted by Gasteiger charge is -2.27. The van der Waals surface area contributed by atoms with Gasteiger partial charge in [0.15, 0.2) is 0 Å². The first-order chi connectivity index (χ1) is 9.08. The van der Waals surface area contributed by atoms with Crippen LogP contribution in [0.1, 0.15) is 36.4 Å². The van der Waals surface area contributed by atoms with Gasteiger partial charge in [-0.05, 0) is 30.4 Å². The van der Waals surface area contributed by atoms with Crippen LogP contribution >= 0.6 is 0 Å². The summed E-state index contributed by atoms with van der Waals surface area (Å²) in [6.45, 7) is 0. The molecule has 0 saturated carbocycles. The van der Waals surface area contributed by atoms with Crippen molar-refractivity contribution in [2.75, 3.05) is 0 Å². The van der Waals surface area contributed by atoms with E-state index in [-0.39, 0.29) is 12.5 Å². The number of carboxylic acids is 1. The maximum absolute atomic E-state index is 11.9. The number of carboxylic acid groups (broad SMARTS) is 1. The molecule has 1 aliphatic carbocycles. The summed E-state index contributed by atoms with van der Waals surface area (Å²) in [7, 11) is 0. The van der Waals surface area contributed by atoms with Crippen LogP contribution in [0.3, 0.4) is 0 Å². The molecular weight excluding hydrogens is 244 g/mol. The predicted octanol–water partition coefficient (Wildman–Crippen LogP) is 0.982. The van der Waals surface area contributed by atoms with E-state index < -0.39 is 17.9 Å². The van der Waals surface area contributed by atoms with Crippen molar-refractivity contribution in [3.05, 3.63) is 35.4 Å². The van der Waals surface area contributed by atoms with Gasteiger partial charge in [-0.2, -0.15) is 0 Å². The number of amides is 1. The van der Waals surface area contributed by atoms with Gasteiger partial charge in [0.05, 0.1) is 18.5 Å². The van der Waals surface area contributed by atoms with Crippen LogP contribution in [0, 0.1) is 0 Å². The van der Waals surface area contributed by atoms with Gasteiger partial charge in [-0.3, -0.25) is 9.59 Å². The molecule has 0 heterocycles. The number of fused-ring (bicyclic) bond motifs is 1. The number of aryl methyl sites for hydroxylation is 1. The average Bonchev–Trinajstić information content (AvgIpc) is 2.38. The molecule has 1 aromatic carbocycles. The van der Waals surface area contributed by atoms with Gasteiger partial charge in [-0.25, -0.2) is 0 Å². The van der Waals surface area contributed by atoms with Gasteiger partial charge in [0.1, 0.15) is 0 Å². The third-order valence-electron chi connectivity index (χ3n) is 3.42.